The molecule has 0 spiro atoms. The number of amides is 1. The Bertz CT molecular complexity index is 1010. The number of hydrogen-bond donors (Lipinski definition) is 0. The minimum absolute atomic E-state index is 0.0161. The summed E-state index contributed by atoms with van der Waals surface area (Å²) >= 11 is 3.28. The first kappa shape index (κ1) is 19.1. The molecule has 0 N–H and O–H groups in total. The number of benzene rings is 1. The van der Waals surface area contributed by atoms with Crippen molar-refractivity contribution >= 4 is 29.0 Å². The minimum Gasteiger partial charge on any atom is -0.378 e. The normalized spacial score (nSPS) is 32.1. The Morgan fingerprint density at radius 1 is 1.10 bits per heavy atom. The third-order valence-electron chi connectivity index (χ3n) is 7.51. The van der Waals surface area contributed by atoms with Crippen LogP contribution in [0, 0.1) is 17.8 Å². The molecule has 7 heteroatoms. The number of morpholine rings is 1. The Kier molecular flexibility index (Phi) is 4.81. The Morgan fingerprint density at radius 2 is 1.87 bits per heavy atom. The van der Waals surface area contributed by atoms with Gasteiger partial charge in [0.2, 0.25) is 5.91 Å². The lowest BCUT2D eigenvalue weighted by atomic mass is 9.75. The monoisotopic (exact) mass is 442 g/mol. The lowest BCUT2D eigenvalue weighted by molar-refractivity contribution is -0.136. The molecular weight excluding hydrogens is 416 g/mol. The molecule has 1 aromatic carbocycles. The lowest BCUT2D eigenvalue weighted by Gasteiger charge is -2.40. The van der Waals surface area contributed by atoms with Crippen LogP contribution in [0.25, 0.3) is 0 Å². The second kappa shape index (κ2) is 7.53. The van der Waals surface area contributed by atoms with Crippen LogP contribution in [-0.2, 0) is 16.1 Å². The standard InChI is InChI=1S/C23H26N2O3S2/c26-17(24-8-10-28-11-9-24)13-25-22-21(30-23(25)27)18(14-4-2-1-3-5-14)19-15-6-7-16(12-15)20(19)29-22/h1-5,15-16,18-20H,6-13H2. The number of aromatic nitrogens is 1. The second-order valence-electron chi connectivity index (χ2n) is 9.00. The Labute approximate surface area is 184 Å². The number of rotatable bonds is 3. The highest BCUT2D eigenvalue weighted by molar-refractivity contribution is 8.00. The highest BCUT2D eigenvalue weighted by Gasteiger charge is 2.55. The number of thiazole rings is 1. The maximum atomic E-state index is 13.1. The molecule has 1 amide bonds. The van der Waals surface area contributed by atoms with Gasteiger partial charge in [0.1, 0.15) is 6.54 Å². The maximum Gasteiger partial charge on any atom is 0.308 e. The average molecular weight is 443 g/mol. The quantitative estimate of drug-likeness (QED) is 0.731. The lowest BCUT2D eigenvalue weighted by Crippen LogP contribution is -2.43. The molecule has 158 valence electrons. The first-order valence-electron chi connectivity index (χ1n) is 11.0. The average Bonchev–Trinajstić information content (AvgIpc) is 3.48. The van der Waals surface area contributed by atoms with Gasteiger partial charge in [-0.15, -0.1) is 11.8 Å². The number of carbonyl (C=O) groups excluding carboxylic acids is 1. The third-order valence-corrected chi connectivity index (χ3v) is 10.3. The van der Waals surface area contributed by atoms with E-state index in [-0.39, 0.29) is 17.3 Å². The van der Waals surface area contributed by atoms with Crippen molar-refractivity contribution in [1.29, 1.82) is 0 Å². The van der Waals surface area contributed by atoms with Crippen LogP contribution in [-0.4, -0.2) is 46.9 Å². The smallest absolute Gasteiger partial charge is 0.308 e. The summed E-state index contributed by atoms with van der Waals surface area (Å²) < 4.78 is 7.15. The molecule has 3 heterocycles. The molecule has 2 aromatic rings. The molecule has 2 bridgehead atoms. The molecule has 1 aromatic heterocycles. The first-order chi connectivity index (χ1) is 14.7. The van der Waals surface area contributed by atoms with Crippen molar-refractivity contribution < 1.29 is 9.53 Å². The van der Waals surface area contributed by atoms with Gasteiger partial charge in [-0.25, -0.2) is 0 Å². The van der Waals surface area contributed by atoms with Gasteiger partial charge in [0.25, 0.3) is 0 Å². The van der Waals surface area contributed by atoms with E-state index in [1.807, 2.05) is 16.7 Å². The summed E-state index contributed by atoms with van der Waals surface area (Å²) in [5.41, 5.74) is 1.33. The summed E-state index contributed by atoms with van der Waals surface area (Å²) in [7, 11) is 0. The first-order valence-corrected chi connectivity index (χ1v) is 12.7. The number of hydrogen-bond acceptors (Lipinski definition) is 5. The van der Waals surface area contributed by atoms with Gasteiger partial charge in [-0.3, -0.25) is 14.2 Å². The summed E-state index contributed by atoms with van der Waals surface area (Å²) in [4.78, 5) is 29.0. The molecular formula is C23H26N2O3S2. The van der Waals surface area contributed by atoms with Crippen LogP contribution in [0.1, 0.15) is 35.6 Å². The van der Waals surface area contributed by atoms with Crippen molar-refractivity contribution in [2.24, 2.45) is 17.8 Å². The molecule has 0 radical (unpaired) electrons. The zero-order valence-corrected chi connectivity index (χ0v) is 18.5. The molecule has 4 aliphatic rings. The van der Waals surface area contributed by atoms with Crippen molar-refractivity contribution in [1.82, 2.24) is 9.47 Å². The Balaban J connectivity index is 1.40. The van der Waals surface area contributed by atoms with E-state index in [1.165, 1.54) is 41.0 Å². The third kappa shape index (κ3) is 3.00. The largest absolute Gasteiger partial charge is 0.378 e. The molecule has 2 saturated carbocycles. The predicted molar refractivity (Wildman–Crippen MR) is 118 cm³/mol. The van der Waals surface area contributed by atoms with E-state index in [0.717, 1.165) is 16.9 Å². The van der Waals surface area contributed by atoms with E-state index in [1.54, 1.807) is 4.57 Å². The molecule has 3 fully saturated rings. The molecule has 2 aliphatic heterocycles. The zero-order chi connectivity index (χ0) is 20.2. The molecule has 5 nitrogen and oxygen atoms in total. The summed E-state index contributed by atoms with van der Waals surface area (Å²) in [6, 6.07) is 10.7. The SMILES string of the molecule is O=C(Cn1c2c(sc1=O)C(c1ccccc1)C1C3CCC(C3)C1S2)N1CCOCC1. The van der Waals surface area contributed by atoms with Gasteiger partial charge in [-0.1, -0.05) is 41.7 Å². The number of nitrogens with zero attached hydrogens (tertiary/aromatic N) is 2. The number of fused-ring (bicyclic) bond motifs is 6. The topological polar surface area (TPSA) is 51.5 Å². The van der Waals surface area contributed by atoms with Crippen molar-refractivity contribution in [3.63, 3.8) is 0 Å². The van der Waals surface area contributed by atoms with Crippen molar-refractivity contribution in [3.8, 4) is 0 Å². The van der Waals surface area contributed by atoms with Crippen LogP contribution in [0.4, 0.5) is 0 Å². The molecule has 6 rings (SSSR count). The summed E-state index contributed by atoms with van der Waals surface area (Å²) in [5.74, 6) is 2.47. The van der Waals surface area contributed by atoms with E-state index in [4.69, 9.17) is 4.74 Å². The van der Waals surface area contributed by atoms with Crippen molar-refractivity contribution in [3.05, 3.63) is 50.4 Å². The summed E-state index contributed by atoms with van der Waals surface area (Å²) in [6.07, 6.45) is 3.98. The van der Waals surface area contributed by atoms with Crippen LogP contribution in [0.5, 0.6) is 0 Å². The highest BCUT2D eigenvalue weighted by atomic mass is 32.2. The summed E-state index contributed by atoms with van der Waals surface area (Å²) in [5, 5.41) is 1.63. The van der Waals surface area contributed by atoms with Gasteiger partial charge < -0.3 is 9.64 Å². The van der Waals surface area contributed by atoms with Gasteiger partial charge >= 0.3 is 4.87 Å². The Morgan fingerprint density at radius 3 is 2.67 bits per heavy atom. The van der Waals surface area contributed by atoms with E-state index in [9.17, 15) is 9.59 Å². The van der Waals surface area contributed by atoms with Gasteiger partial charge in [-0.05, 0) is 42.6 Å². The van der Waals surface area contributed by atoms with Crippen LogP contribution < -0.4 is 4.87 Å². The fraction of sp³-hybridized carbons (Fsp3) is 0.565. The molecule has 2 aliphatic carbocycles. The number of carbonyl (C=O) groups is 1. The van der Waals surface area contributed by atoms with Crippen LogP contribution in [0.15, 0.2) is 40.2 Å². The van der Waals surface area contributed by atoms with Crippen molar-refractivity contribution in [2.75, 3.05) is 26.3 Å². The number of thioether (sulfide) groups is 1. The van der Waals surface area contributed by atoms with E-state index < -0.39 is 0 Å². The van der Waals surface area contributed by atoms with Crippen LogP contribution in [0.2, 0.25) is 0 Å². The summed E-state index contributed by atoms with van der Waals surface area (Å²) in [6.45, 7) is 2.56. The van der Waals surface area contributed by atoms with Gasteiger partial charge in [0.15, 0.2) is 0 Å². The van der Waals surface area contributed by atoms with E-state index in [2.05, 4.69) is 30.3 Å². The van der Waals surface area contributed by atoms with E-state index in [0.29, 0.717) is 43.4 Å². The molecule has 30 heavy (non-hydrogen) atoms. The molecule has 5 atom stereocenters. The van der Waals surface area contributed by atoms with Crippen LogP contribution >= 0.6 is 23.1 Å². The van der Waals surface area contributed by atoms with Gasteiger partial charge in [0.05, 0.1) is 18.2 Å². The zero-order valence-electron chi connectivity index (χ0n) is 16.9. The van der Waals surface area contributed by atoms with Gasteiger partial charge in [0, 0.05) is 29.1 Å². The van der Waals surface area contributed by atoms with Gasteiger partial charge in [-0.2, -0.15) is 0 Å². The maximum absolute atomic E-state index is 13.1. The van der Waals surface area contributed by atoms with E-state index >= 15 is 0 Å². The molecule has 5 unspecified atom stereocenters. The van der Waals surface area contributed by atoms with Crippen molar-refractivity contribution in [2.45, 2.75) is 42.0 Å². The highest BCUT2D eigenvalue weighted by Crippen LogP contribution is 2.63. The minimum atomic E-state index is 0.0161. The fourth-order valence-corrected chi connectivity index (χ4v) is 9.32. The number of ether oxygens (including phenoxy) is 1. The predicted octanol–water partition coefficient (Wildman–Crippen LogP) is 3.42. The molecule has 1 saturated heterocycles. The Hall–Kier alpha value is -1.57. The fourth-order valence-electron chi connectivity index (χ4n) is 6.17. The van der Waals surface area contributed by atoms with Crippen LogP contribution in [0.3, 0.4) is 0 Å². The second-order valence-corrected chi connectivity index (χ2v) is 11.2.